The first-order valence-corrected chi connectivity index (χ1v) is 7.00. The topological polar surface area (TPSA) is 71.4 Å². The molecule has 0 unspecified atom stereocenters. The first-order valence-electron chi connectivity index (χ1n) is 5.11. The van der Waals surface area contributed by atoms with Gasteiger partial charge in [0.1, 0.15) is 0 Å². The molecule has 1 aromatic rings. The van der Waals surface area contributed by atoms with Gasteiger partial charge in [-0.3, -0.25) is 4.79 Å². The van der Waals surface area contributed by atoms with Crippen molar-refractivity contribution in [2.24, 2.45) is 0 Å². The van der Waals surface area contributed by atoms with Crippen molar-refractivity contribution in [3.8, 4) is 0 Å². The Morgan fingerprint density at radius 3 is 2.44 bits per heavy atom. The number of aryl methyl sites for hydroxylation is 1. The number of carbonyl (C=O) groups is 1. The number of benzene rings is 1. The van der Waals surface area contributed by atoms with E-state index in [4.69, 9.17) is 5.11 Å². The third-order valence-corrected chi connectivity index (χ3v) is 3.43. The molecule has 18 heavy (non-hydrogen) atoms. The predicted molar refractivity (Wildman–Crippen MR) is 60.0 cm³/mol. The molecule has 1 N–H and O–H groups in total. The van der Waals surface area contributed by atoms with Gasteiger partial charge in [0.2, 0.25) is 0 Å². The molecule has 1 aromatic carbocycles. The lowest BCUT2D eigenvalue weighted by Gasteiger charge is -2.06. The van der Waals surface area contributed by atoms with Crippen LogP contribution in [0.1, 0.15) is 18.4 Å². The Hall–Kier alpha value is -1.50. The van der Waals surface area contributed by atoms with Crippen LogP contribution < -0.4 is 0 Å². The van der Waals surface area contributed by atoms with Crippen LogP contribution in [0.25, 0.3) is 0 Å². The standard InChI is InChI=1S/C11H12F2O4S/c1-18(16,17)8-5-7(3-2-4-10(14)15)11(13)9(12)6-8/h5-6H,2-4H2,1H3,(H,14,15). The molecule has 1 rings (SSSR count). The highest BCUT2D eigenvalue weighted by atomic mass is 32.2. The van der Waals surface area contributed by atoms with E-state index >= 15 is 0 Å². The summed E-state index contributed by atoms with van der Waals surface area (Å²) < 4.78 is 49.1. The number of aliphatic carboxylic acids is 1. The van der Waals surface area contributed by atoms with Gasteiger partial charge in [-0.15, -0.1) is 0 Å². The number of hydrogen-bond donors (Lipinski definition) is 1. The predicted octanol–water partition coefficient (Wildman–Crippen LogP) is 1.78. The van der Waals surface area contributed by atoms with Crippen molar-refractivity contribution < 1.29 is 27.1 Å². The van der Waals surface area contributed by atoms with Gasteiger partial charge < -0.3 is 5.11 Å². The van der Waals surface area contributed by atoms with Gasteiger partial charge in [-0.1, -0.05) is 0 Å². The zero-order chi connectivity index (χ0) is 13.9. The van der Waals surface area contributed by atoms with Crippen LogP contribution in [-0.2, 0) is 21.1 Å². The number of halogens is 2. The second kappa shape index (κ2) is 5.43. The number of sulfone groups is 1. The number of rotatable bonds is 5. The summed E-state index contributed by atoms with van der Waals surface area (Å²) in [6.07, 6.45) is 0.780. The Balaban J connectivity index is 3.04. The van der Waals surface area contributed by atoms with Crippen molar-refractivity contribution in [1.82, 2.24) is 0 Å². The Kier molecular flexibility index (Phi) is 4.39. The molecule has 0 bridgehead atoms. The summed E-state index contributed by atoms with van der Waals surface area (Å²) >= 11 is 0. The zero-order valence-corrected chi connectivity index (χ0v) is 10.4. The number of carboxylic acids is 1. The van der Waals surface area contributed by atoms with E-state index in [1.54, 1.807) is 0 Å². The molecule has 7 heteroatoms. The first kappa shape index (κ1) is 14.6. The van der Waals surface area contributed by atoms with E-state index in [0.29, 0.717) is 6.07 Å². The van der Waals surface area contributed by atoms with Gasteiger partial charge in [-0.25, -0.2) is 17.2 Å². The monoisotopic (exact) mass is 278 g/mol. The summed E-state index contributed by atoms with van der Waals surface area (Å²) in [5.41, 5.74) is -0.128. The molecule has 0 aliphatic carbocycles. The van der Waals surface area contributed by atoms with E-state index in [2.05, 4.69) is 0 Å². The van der Waals surface area contributed by atoms with Crippen LogP contribution in [0.3, 0.4) is 0 Å². The van der Waals surface area contributed by atoms with E-state index in [1.165, 1.54) is 0 Å². The molecule has 0 heterocycles. The molecule has 4 nitrogen and oxygen atoms in total. The first-order chi connectivity index (χ1) is 8.21. The largest absolute Gasteiger partial charge is 0.481 e. The minimum atomic E-state index is -3.63. The van der Waals surface area contributed by atoms with Crippen molar-refractivity contribution in [2.45, 2.75) is 24.2 Å². The van der Waals surface area contributed by atoms with E-state index in [-0.39, 0.29) is 29.7 Å². The van der Waals surface area contributed by atoms with Crippen LogP contribution in [-0.4, -0.2) is 25.7 Å². The molecule has 0 fully saturated rings. The lowest BCUT2D eigenvalue weighted by Crippen LogP contribution is -2.04. The average molecular weight is 278 g/mol. The van der Waals surface area contributed by atoms with Crippen LogP contribution in [0, 0.1) is 11.6 Å². The number of carboxylic acid groups (broad SMARTS) is 1. The van der Waals surface area contributed by atoms with Crippen LogP contribution in [0.15, 0.2) is 17.0 Å². The van der Waals surface area contributed by atoms with E-state index < -0.39 is 27.4 Å². The molecule has 0 aromatic heterocycles. The van der Waals surface area contributed by atoms with Gasteiger partial charge in [0, 0.05) is 12.7 Å². The maximum atomic E-state index is 13.4. The SMILES string of the molecule is CS(=O)(=O)c1cc(F)c(F)c(CCCC(=O)O)c1. The highest BCUT2D eigenvalue weighted by Crippen LogP contribution is 2.20. The summed E-state index contributed by atoms with van der Waals surface area (Å²) in [7, 11) is -3.63. The highest BCUT2D eigenvalue weighted by Gasteiger charge is 2.16. The van der Waals surface area contributed by atoms with Crippen molar-refractivity contribution >= 4 is 15.8 Å². The zero-order valence-electron chi connectivity index (χ0n) is 9.61. The van der Waals surface area contributed by atoms with Crippen LogP contribution in [0.2, 0.25) is 0 Å². The molecular formula is C11H12F2O4S. The fraction of sp³-hybridized carbons (Fsp3) is 0.364. The Bertz CT molecular complexity index is 567. The maximum absolute atomic E-state index is 13.4. The average Bonchev–Trinajstić information content (AvgIpc) is 2.22. The van der Waals surface area contributed by atoms with Gasteiger partial charge >= 0.3 is 5.97 Å². The second-order valence-corrected chi connectivity index (χ2v) is 5.91. The third-order valence-electron chi connectivity index (χ3n) is 2.34. The van der Waals surface area contributed by atoms with Crippen LogP contribution in [0.4, 0.5) is 8.78 Å². The summed E-state index contributed by atoms with van der Waals surface area (Å²) in [5, 5.41) is 8.44. The normalized spacial score (nSPS) is 11.5. The summed E-state index contributed by atoms with van der Waals surface area (Å²) in [6, 6.07) is 1.65. The molecule has 0 saturated carbocycles. The molecule has 0 atom stereocenters. The molecule has 0 radical (unpaired) electrons. The third kappa shape index (κ3) is 3.76. The van der Waals surface area contributed by atoms with Gasteiger partial charge in [0.05, 0.1) is 4.90 Å². The van der Waals surface area contributed by atoms with Crippen molar-refractivity contribution in [3.05, 3.63) is 29.3 Å². The fourth-order valence-corrected chi connectivity index (χ4v) is 2.12. The van der Waals surface area contributed by atoms with Gasteiger partial charge in [-0.2, -0.15) is 0 Å². The van der Waals surface area contributed by atoms with E-state index in [0.717, 1.165) is 12.3 Å². The molecule has 0 amide bonds. The summed E-state index contributed by atoms with van der Waals surface area (Å²) in [4.78, 5) is 9.99. The minimum Gasteiger partial charge on any atom is -0.481 e. The maximum Gasteiger partial charge on any atom is 0.303 e. The van der Waals surface area contributed by atoms with E-state index in [9.17, 15) is 22.0 Å². The number of hydrogen-bond acceptors (Lipinski definition) is 3. The summed E-state index contributed by atoms with van der Waals surface area (Å²) in [5.74, 6) is -3.42. The Morgan fingerprint density at radius 1 is 1.33 bits per heavy atom. The smallest absolute Gasteiger partial charge is 0.303 e. The van der Waals surface area contributed by atoms with Gasteiger partial charge in [0.25, 0.3) is 0 Å². The van der Waals surface area contributed by atoms with Gasteiger partial charge in [-0.05, 0) is 30.5 Å². The fourth-order valence-electron chi connectivity index (χ4n) is 1.44. The molecule has 0 saturated heterocycles. The second-order valence-electron chi connectivity index (χ2n) is 3.90. The van der Waals surface area contributed by atoms with Crippen molar-refractivity contribution in [3.63, 3.8) is 0 Å². The molecule has 0 aliphatic rings. The Labute approximate surface area is 103 Å². The van der Waals surface area contributed by atoms with Crippen molar-refractivity contribution in [1.29, 1.82) is 0 Å². The molecule has 0 spiro atoms. The van der Waals surface area contributed by atoms with Gasteiger partial charge in [0.15, 0.2) is 21.5 Å². The van der Waals surface area contributed by atoms with E-state index in [1.807, 2.05) is 0 Å². The molecule has 0 aliphatic heterocycles. The summed E-state index contributed by atoms with van der Waals surface area (Å²) in [6.45, 7) is 0. The quantitative estimate of drug-likeness (QED) is 0.833. The van der Waals surface area contributed by atoms with Crippen LogP contribution in [0.5, 0.6) is 0 Å². The molecular weight excluding hydrogens is 266 g/mol. The lowest BCUT2D eigenvalue weighted by molar-refractivity contribution is -0.137. The minimum absolute atomic E-state index is 0.0294. The van der Waals surface area contributed by atoms with Crippen molar-refractivity contribution in [2.75, 3.05) is 6.26 Å². The molecule has 100 valence electrons. The highest BCUT2D eigenvalue weighted by molar-refractivity contribution is 7.90. The Morgan fingerprint density at radius 2 is 1.94 bits per heavy atom. The van der Waals surface area contributed by atoms with Crippen LogP contribution >= 0.6 is 0 Å². The lowest BCUT2D eigenvalue weighted by atomic mass is 10.1.